The number of alkyl halides is 3. The van der Waals surface area contributed by atoms with Crippen molar-refractivity contribution in [2.24, 2.45) is 0 Å². The maximum Gasteiger partial charge on any atom is 0.422 e. The monoisotopic (exact) mass is 428 g/mol. The van der Waals surface area contributed by atoms with Crippen LogP contribution in [0.3, 0.4) is 0 Å². The molecule has 1 atom stereocenters. The maximum absolute atomic E-state index is 13.9. The molecule has 0 bridgehead atoms. The predicted molar refractivity (Wildman–Crippen MR) is 113 cm³/mol. The molecule has 1 heterocycles. The van der Waals surface area contributed by atoms with E-state index in [2.05, 4.69) is 5.10 Å². The van der Waals surface area contributed by atoms with Gasteiger partial charge in [-0.15, -0.1) is 11.8 Å². The van der Waals surface area contributed by atoms with Crippen LogP contribution in [0.5, 0.6) is 0 Å². The molecular weight excluding hydrogens is 409 g/mol. The third-order valence-corrected chi connectivity index (χ3v) is 6.15. The van der Waals surface area contributed by atoms with Crippen LogP contribution in [0.15, 0.2) is 83.9 Å². The molecule has 3 aromatic carbocycles. The number of aryl methyl sites for hydroxylation is 1. The minimum atomic E-state index is -4.83. The first-order valence-electron chi connectivity index (χ1n) is 9.30. The number of hydrogen-bond acceptors (Lipinski definition) is 3. The van der Waals surface area contributed by atoms with Crippen LogP contribution in [-0.2, 0) is 5.60 Å². The van der Waals surface area contributed by atoms with Crippen LogP contribution >= 0.6 is 11.8 Å². The molecule has 4 rings (SSSR count). The molecule has 0 aliphatic carbocycles. The highest BCUT2D eigenvalue weighted by molar-refractivity contribution is 7.99. The molecule has 154 valence electrons. The standard InChI is InChI=1S/C23H19F3N2OS/c1-16-7-10-20(11-8-16)30-15-22(29,23(24,25)26)18-9-12-21-17(13-18)14-27-28(21)19-5-3-2-4-6-19/h2-14,29H,15H2,1H3. The van der Waals surface area contributed by atoms with Crippen LogP contribution < -0.4 is 0 Å². The van der Waals surface area contributed by atoms with Crippen molar-refractivity contribution in [3.8, 4) is 5.69 Å². The van der Waals surface area contributed by atoms with Crippen molar-refractivity contribution >= 4 is 22.7 Å². The van der Waals surface area contributed by atoms with E-state index in [0.717, 1.165) is 23.0 Å². The second kappa shape index (κ2) is 7.81. The van der Waals surface area contributed by atoms with E-state index in [1.807, 2.05) is 49.4 Å². The second-order valence-electron chi connectivity index (χ2n) is 7.13. The lowest BCUT2D eigenvalue weighted by molar-refractivity contribution is -0.256. The van der Waals surface area contributed by atoms with Gasteiger partial charge in [-0.1, -0.05) is 42.0 Å². The molecular formula is C23H19F3N2OS. The van der Waals surface area contributed by atoms with Gasteiger partial charge in [0.05, 0.1) is 17.4 Å². The Morgan fingerprint density at radius 1 is 0.967 bits per heavy atom. The summed E-state index contributed by atoms with van der Waals surface area (Å²) in [7, 11) is 0. The quantitative estimate of drug-likeness (QED) is 0.404. The summed E-state index contributed by atoms with van der Waals surface area (Å²) >= 11 is 0.974. The zero-order chi connectivity index (χ0) is 21.4. The van der Waals surface area contributed by atoms with Gasteiger partial charge in [0.25, 0.3) is 0 Å². The van der Waals surface area contributed by atoms with Crippen molar-refractivity contribution in [3.63, 3.8) is 0 Å². The van der Waals surface area contributed by atoms with E-state index >= 15 is 0 Å². The van der Waals surface area contributed by atoms with Gasteiger partial charge in [-0.2, -0.15) is 18.3 Å². The SMILES string of the molecule is Cc1ccc(SCC(O)(c2ccc3c(cnn3-c3ccccc3)c2)C(F)(F)F)cc1. The van der Waals surface area contributed by atoms with E-state index in [-0.39, 0.29) is 5.56 Å². The predicted octanol–water partition coefficient (Wildman–Crippen LogP) is 5.88. The summed E-state index contributed by atoms with van der Waals surface area (Å²) in [5, 5.41) is 15.6. The van der Waals surface area contributed by atoms with Crippen molar-refractivity contribution in [2.75, 3.05) is 5.75 Å². The fourth-order valence-electron chi connectivity index (χ4n) is 3.22. The minimum absolute atomic E-state index is 0.199. The van der Waals surface area contributed by atoms with E-state index in [0.29, 0.717) is 15.8 Å². The minimum Gasteiger partial charge on any atom is -0.376 e. The first-order valence-corrected chi connectivity index (χ1v) is 10.3. The van der Waals surface area contributed by atoms with Gasteiger partial charge in [0.15, 0.2) is 5.60 Å². The third-order valence-electron chi connectivity index (χ3n) is 4.98. The number of benzene rings is 3. The highest BCUT2D eigenvalue weighted by Gasteiger charge is 2.55. The Balaban J connectivity index is 1.69. The number of halogens is 3. The lowest BCUT2D eigenvalue weighted by Crippen LogP contribution is -2.44. The first-order chi connectivity index (χ1) is 14.3. The molecule has 0 radical (unpaired) electrons. The Labute approximate surface area is 176 Å². The first kappa shape index (κ1) is 20.5. The normalized spacial score (nSPS) is 14.0. The third kappa shape index (κ3) is 3.82. The van der Waals surface area contributed by atoms with E-state index in [1.165, 1.54) is 18.3 Å². The van der Waals surface area contributed by atoms with Gasteiger partial charge in [-0.05, 0) is 48.9 Å². The van der Waals surface area contributed by atoms with Crippen LogP contribution in [-0.4, -0.2) is 26.8 Å². The highest BCUT2D eigenvalue weighted by atomic mass is 32.2. The van der Waals surface area contributed by atoms with Gasteiger partial charge in [-0.25, -0.2) is 4.68 Å². The Morgan fingerprint density at radius 2 is 1.67 bits per heavy atom. The van der Waals surface area contributed by atoms with Crippen molar-refractivity contribution in [2.45, 2.75) is 23.6 Å². The Bertz CT molecular complexity index is 1160. The fourth-order valence-corrected chi connectivity index (χ4v) is 4.25. The molecule has 4 aromatic rings. The van der Waals surface area contributed by atoms with Crippen molar-refractivity contribution < 1.29 is 18.3 Å². The number of aliphatic hydroxyl groups is 1. The molecule has 0 saturated heterocycles. The van der Waals surface area contributed by atoms with E-state index in [4.69, 9.17) is 0 Å². The van der Waals surface area contributed by atoms with Crippen LogP contribution in [0, 0.1) is 6.92 Å². The molecule has 0 aliphatic rings. The largest absolute Gasteiger partial charge is 0.422 e. The second-order valence-corrected chi connectivity index (χ2v) is 8.17. The number of aromatic nitrogens is 2. The van der Waals surface area contributed by atoms with Gasteiger partial charge in [0.2, 0.25) is 0 Å². The van der Waals surface area contributed by atoms with E-state index in [9.17, 15) is 18.3 Å². The summed E-state index contributed by atoms with van der Waals surface area (Å²) in [4.78, 5) is 0.668. The summed E-state index contributed by atoms with van der Waals surface area (Å²) in [6.45, 7) is 1.91. The zero-order valence-corrected chi connectivity index (χ0v) is 16.9. The molecule has 0 aliphatic heterocycles. The van der Waals surface area contributed by atoms with Crippen molar-refractivity contribution in [3.05, 3.63) is 90.1 Å². The number of para-hydroxylation sites is 1. The van der Waals surface area contributed by atoms with E-state index < -0.39 is 17.5 Å². The Morgan fingerprint density at radius 3 is 2.33 bits per heavy atom. The number of nitrogens with zero attached hydrogens (tertiary/aromatic N) is 2. The molecule has 1 aromatic heterocycles. The van der Waals surface area contributed by atoms with Gasteiger partial charge in [0, 0.05) is 16.0 Å². The molecule has 0 fully saturated rings. The summed E-state index contributed by atoms with van der Waals surface area (Å²) in [6, 6.07) is 20.8. The lowest BCUT2D eigenvalue weighted by atomic mass is 9.94. The van der Waals surface area contributed by atoms with Gasteiger partial charge in [-0.3, -0.25) is 0 Å². The maximum atomic E-state index is 13.9. The summed E-state index contributed by atoms with van der Waals surface area (Å²) < 4.78 is 43.5. The Kier molecular flexibility index (Phi) is 5.34. The average Bonchev–Trinajstić information content (AvgIpc) is 3.16. The van der Waals surface area contributed by atoms with Gasteiger partial charge < -0.3 is 5.11 Å². The van der Waals surface area contributed by atoms with Crippen molar-refractivity contribution in [1.29, 1.82) is 0 Å². The van der Waals surface area contributed by atoms with Crippen LogP contribution in [0.2, 0.25) is 0 Å². The summed E-state index contributed by atoms with van der Waals surface area (Å²) in [6.07, 6.45) is -3.32. The van der Waals surface area contributed by atoms with E-state index in [1.54, 1.807) is 22.9 Å². The average molecular weight is 428 g/mol. The van der Waals surface area contributed by atoms with Crippen LogP contribution in [0.1, 0.15) is 11.1 Å². The van der Waals surface area contributed by atoms with Crippen molar-refractivity contribution in [1.82, 2.24) is 9.78 Å². The molecule has 1 unspecified atom stereocenters. The number of fused-ring (bicyclic) bond motifs is 1. The molecule has 0 spiro atoms. The molecule has 0 amide bonds. The number of rotatable bonds is 5. The van der Waals surface area contributed by atoms with Crippen LogP contribution in [0.4, 0.5) is 13.2 Å². The topological polar surface area (TPSA) is 38.1 Å². The molecule has 3 nitrogen and oxygen atoms in total. The summed E-state index contributed by atoms with van der Waals surface area (Å²) in [5.74, 6) is -0.544. The Hall–Kier alpha value is -2.77. The highest BCUT2D eigenvalue weighted by Crippen LogP contribution is 2.43. The van der Waals surface area contributed by atoms with Gasteiger partial charge in [0.1, 0.15) is 0 Å². The lowest BCUT2D eigenvalue weighted by Gasteiger charge is -2.30. The molecule has 1 N–H and O–H groups in total. The fraction of sp³-hybridized carbons (Fsp3) is 0.174. The van der Waals surface area contributed by atoms with Crippen LogP contribution in [0.25, 0.3) is 16.6 Å². The molecule has 0 saturated carbocycles. The summed E-state index contributed by atoms with van der Waals surface area (Å²) in [5.41, 5.74) is -0.686. The number of thioether (sulfide) groups is 1. The smallest absolute Gasteiger partial charge is 0.376 e. The van der Waals surface area contributed by atoms with Gasteiger partial charge >= 0.3 is 6.18 Å². The molecule has 7 heteroatoms. The zero-order valence-electron chi connectivity index (χ0n) is 16.1. The molecule has 30 heavy (non-hydrogen) atoms. The number of hydrogen-bond donors (Lipinski definition) is 1.